The summed E-state index contributed by atoms with van der Waals surface area (Å²) in [5.41, 5.74) is 1.21. The first kappa shape index (κ1) is 16.3. The summed E-state index contributed by atoms with van der Waals surface area (Å²) in [7, 11) is 0. The van der Waals surface area contributed by atoms with Crippen molar-refractivity contribution in [3.8, 4) is 12.3 Å². The Balaban J connectivity index is 2.62. The fraction of sp³-hybridized carbons (Fsp3) is 0.500. The Labute approximate surface area is 123 Å². The Morgan fingerprint density at radius 3 is 3.00 bits per heavy atom. The van der Waals surface area contributed by atoms with Crippen molar-refractivity contribution in [2.24, 2.45) is 0 Å². The van der Waals surface area contributed by atoms with E-state index in [-0.39, 0.29) is 11.9 Å². The molecule has 1 unspecified atom stereocenters. The van der Waals surface area contributed by atoms with Gasteiger partial charge in [0.25, 0.3) is 0 Å². The second-order valence-electron chi connectivity index (χ2n) is 4.97. The third-order valence-electron chi connectivity index (χ3n) is 3.47. The highest BCUT2D eigenvalue weighted by Gasteiger charge is 2.28. The van der Waals surface area contributed by atoms with Gasteiger partial charge in [-0.05, 0) is 31.8 Å². The number of carbonyl (C=O) groups excluding carboxylic acids is 1. The highest BCUT2D eigenvalue weighted by atomic mass is 16.2. The van der Waals surface area contributed by atoms with Gasteiger partial charge in [0.15, 0.2) is 0 Å². The smallest absolute Gasteiger partial charge is 0.223 e. The molecule has 2 heteroatoms. The fourth-order valence-electron chi connectivity index (χ4n) is 2.45. The Hall–Kier alpha value is -1.75. The van der Waals surface area contributed by atoms with Gasteiger partial charge in [-0.25, -0.2) is 0 Å². The second kappa shape index (κ2) is 9.20. The van der Waals surface area contributed by atoms with Crippen LogP contribution in [0.15, 0.2) is 36.0 Å². The average molecular weight is 271 g/mol. The van der Waals surface area contributed by atoms with Crippen LogP contribution in [0, 0.1) is 12.3 Å². The molecule has 2 nitrogen and oxygen atoms in total. The van der Waals surface area contributed by atoms with E-state index in [1.807, 2.05) is 17.9 Å². The van der Waals surface area contributed by atoms with E-state index in [1.54, 1.807) is 0 Å². The normalized spacial score (nSPS) is 20.2. The lowest BCUT2D eigenvalue weighted by Crippen LogP contribution is -2.32. The summed E-state index contributed by atoms with van der Waals surface area (Å²) < 4.78 is 0. The van der Waals surface area contributed by atoms with Crippen molar-refractivity contribution in [1.29, 1.82) is 0 Å². The third kappa shape index (κ3) is 5.09. The van der Waals surface area contributed by atoms with Crippen LogP contribution in [0.25, 0.3) is 0 Å². The van der Waals surface area contributed by atoms with Gasteiger partial charge in [0.1, 0.15) is 0 Å². The second-order valence-corrected chi connectivity index (χ2v) is 4.97. The molecule has 1 fully saturated rings. The molecule has 0 bridgehead atoms. The van der Waals surface area contributed by atoms with Gasteiger partial charge in [0, 0.05) is 19.4 Å². The standard InChI is InChI=1S/C18H25NO/c1-4-7-10-16(9-6-3)14-15-19-17(11-8-5-2)12-13-18(19)20/h1,6,8-11,17H,5,7,12-15H2,2-3H3/b9-6-,11-8+,16-10+. The minimum Gasteiger partial charge on any atom is -0.336 e. The minimum absolute atomic E-state index is 0.271. The lowest BCUT2D eigenvalue weighted by molar-refractivity contribution is -0.128. The maximum absolute atomic E-state index is 12.0. The van der Waals surface area contributed by atoms with E-state index in [0.717, 1.165) is 25.8 Å². The first-order chi connectivity index (χ1) is 9.72. The molecule has 0 aromatic heterocycles. The zero-order valence-electron chi connectivity index (χ0n) is 12.6. The molecule has 1 saturated heterocycles. The molecule has 1 atom stereocenters. The fourth-order valence-corrected chi connectivity index (χ4v) is 2.45. The van der Waals surface area contributed by atoms with Crippen molar-refractivity contribution in [2.45, 2.75) is 52.0 Å². The van der Waals surface area contributed by atoms with Gasteiger partial charge in [-0.3, -0.25) is 4.79 Å². The van der Waals surface area contributed by atoms with Gasteiger partial charge in [-0.1, -0.05) is 37.3 Å². The SMILES string of the molecule is C#CC/C=C(\C=C/C)CCN1C(=O)CCC1/C=C/CC. The summed E-state index contributed by atoms with van der Waals surface area (Å²) in [5, 5.41) is 0. The Morgan fingerprint density at radius 2 is 2.35 bits per heavy atom. The number of hydrogen-bond donors (Lipinski definition) is 0. The molecule has 0 radical (unpaired) electrons. The van der Waals surface area contributed by atoms with Crippen molar-refractivity contribution in [2.75, 3.05) is 6.54 Å². The topological polar surface area (TPSA) is 20.3 Å². The molecule has 0 aromatic rings. The van der Waals surface area contributed by atoms with Crippen molar-refractivity contribution in [3.05, 3.63) is 36.0 Å². The molecule has 0 aliphatic carbocycles. The monoisotopic (exact) mass is 271 g/mol. The van der Waals surface area contributed by atoms with Crippen LogP contribution in [0.3, 0.4) is 0 Å². The molecule has 1 heterocycles. The zero-order valence-corrected chi connectivity index (χ0v) is 12.6. The Morgan fingerprint density at radius 1 is 1.55 bits per heavy atom. The highest BCUT2D eigenvalue weighted by Crippen LogP contribution is 2.21. The van der Waals surface area contributed by atoms with E-state index in [1.165, 1.54) is 5.57 Å². The quantitative estimate of drug-likeness (QED) is 0.391. The number of allylic oxidation sites excluding steroid dienone is 4. The van der Waals surface area contributed by atoms with Gasteiger partial charge in [0.05, 0.1) is 6.04 Å². The van der Waals surface area contributed by atoms with Gasteiger partial charge in [0.2, 0.25) is 5.91 Å². The van der Waals surface area contributed by atoms with Gasteiger partial charge in [-0.15, -0.1) is 12.3 Å². The van der Waals surface area contributed by atoms with Crippen molar-refractivity contribution >= 4 is 5.91 Å². The number of amides is 1. The lowest BCUT2D eigenvalue weighted by atomic mass is 10.1. The van der Waals surface area contributed by atoms with Crippen LogP contribution in [0.4, 0.5) is 0 Å². The molecule has 0 spiro atoms. The van der Waals surface area contributed by atoms with Gasteiger partial charge >= 0.3 is 0 Å². The summed E-state index contributed by atoms with van der Waals surface area (Å²) in [5.74, 6) is 2.90. The predicted octanol–water partition coefficient (Wildman–Crippen LogP) is 3.86. The van der Waals surface area contributed by atoms with Crippen molar-refractivity contribution < 1.29 is 4.79 Å². The lowest BCUT2D eigenvalue weighted by Gasteiger charge is -2.22. The zero-order chi connectivity index (χ0) is 14.8. The van der Waals surface area contributed by atoms with E-state index in [4.69, 9.17) is 6.42 Å². The number of rotatable bonds is 7. The number of terminal acetylenes is 1. The maximum Gasteiger partial charge on any atom is 0.223 e. The molecule has 0 aromatic carbocycles. The van der Waals surface area contributed by atoms with E-state index in [2.05, 4.69) is 37.1 Å². The predicted molar refractivity (Wildman–Crippen MR) is 85.1 cm³/mol. The molecule has 1 rings (SSSR count). The highest BCUT2D eigenvalue weighted by molar-refractivity contribution is 5.79. The number of likely N-dealkylation sites (tertiary alicyclic amines) is 1. The summed E-state index contributed by atoms with van der Waals surface area (Å²) in [6.45, 7) is 4.89. The molecule has 1 aliphatic heterocycles. The molecular weight excluding hydrogens is 246 g/mol. The largest absolute Gasteiger partial charge is 0.336 e. The molecule has 1 amide bonds. The Kier molecular flexibility index (Phi) is 7.50. The molecular formula is C18H25NO. The number of nitrogens with zero attached hydrogens (tertiary/aromatic N) is 1. The van der Waals surface area contributed by atoms with Crippen LogP contribution in [0.2, 0.25) is 0 Å². The van der Waals surface area contributed by atoms with Gasteiger partial charge < -0.3 is 4.90 Å². The van der Waals surface area contributed by atoms with E-state index in [9.17, 15) is 4.79 Å². The van der Waals surface area contributed by atoms with Crippen LogP contribution < -0.4 is 0 Å². The number of carbonyl (C=O) groups is 1. The molecule has 1 aliphatic rings. The van der Waals surface area contributed by atoms with Crippen molar-refractivity contribution in [1.82, 2.24) is 4.90 Å². The number of hydrogen-bond acceptors (Lipinski definition) is 1. The maximum atomic E-state index is 12.0. The third-order valence-corrected chi connectivity index (χ3v) is 3.47. The Bertz CT molecular complexity index is 437. The minimum atomic E-state index is 0.271. The summed E-state index contributed by atoms with van der Waals surface area (Å²) in [6.07, 6.45) is 19.9. The van der Waals surface area contributed by atoms with E-state index >= 15 is 0 Å². The molecule has 0 saturated carbocycles. The van der Waals surface area contributed by atoms with E-state index in [0.29, 0.717) is 12.8 Å². The average Bonchev–Trinajstić information content (AvgIpc) is 2.80. The van der Waals surface area contributed by atoms with Crippen LogP contribution in [0.5, 0.6) is 0 Å². The first-order valence-corrected chi connectivity index (χ1v) is 7.44. The van der Waals surface area contributed by atoms with Crippen LogP contribution in [-0.4, -0.2) is 23.4 Å². The van der Waals surface area contributed by atoms with Crippen LogP contribution in [0.1, 0.15) is 46.0 Å². The van der Waals surface area contributed by atoms with E-state index < -0.39 is 0 Å². The summed E-state index contributed by atoms with van der Waals surface area (Å²) in [6, 6.07) is 0.280. The van der Waals surface area contributed by atoms with Crippen LogP contribution >= 0.6 is 0 Å². The van der Waals surface area contributed by atoms with Gasteiger partial charge in [-0.2, -0.15) is 0 Å². The van der Waals surface area contributed by atoms with Crippen LogP contribution in [-0.2, 0) is 4.79 Å². The molecule has 108 valence electrons. The van der Waals surface area contributed by atoms with Crippen molar-refractivity contribution in [3.63, 3.8) is 0 Å². The molecule has 20 heavy (non-hydrogen) atoms. The first-order valence-electron chi connectivity index (χ1n) is 7.44. The molecule has 0 N–H and O–H groups in total. The summed E-state index contributed by atoms with van der Waals surface area (Å²) >= 11 is 0. The summed E-state index contributed by atoms with van der Waals surface area (Å²) in [4.78, 5) is 14.0.